The molecule has 0 aliphatic carbocycles. The Morgan fingerprint density at radius 1 is 1.28 bits per heavy atom. The number of amides is 1. The molecule has 152 valence electrons. The van der Waals surface area contributed by atoms with Gasteiger partial charge in [-0.25, -0.2) is 13.2 Å². The van der Waals surface area contributed by atoms with E-state index in [1.807, 2.05) is 0 Å². The van der Waals surface area contributed by atoms with Gasteiger partial charge in [0, 0.05) is 34.7 Å². The molecule has 1 N–H and O–H groups in total. The maximum atomic E-state index is 13.7. The molecule has 0 aliphatic rings. The lowest BCUT2D eigenvalue weighted by atomic mass is 10.1. The monoisotopic (exact) mass is 459 g/mol. The summed E-state index contributed by atoms with van der Waals surface area (Å²) < 4.78 is 54.0. The zero-order valence-electron chi connectivity index (χ0n) is 14.9. The Labute approximate surface area is 173 Å². The molecule has 3 aromatic rings. The van der Waals surface area contributed by atoms with Crippen LogP contribution in [-0.4, -0.2) is 17.5 Å². The fourth-order valence-corrected chi connectivity index (χ4v) is 5.47. The SMILES string of the molecule is C=CN(C(=O)C(c1csc2ccc(Cl)cc12)P(C)(=O)O)c1cc(F)c(F)c(F)c1. The summed E-state index contributed by atoms with van der Waals surface area (Å²) in [4.78, 5) is 24.3. The molecular formula is C19H14ClF3NO3PS. The predicted octanol–water partition coefficient (Wildman–Crippen LogP) is 6.09. The third-order valence-electron chi connectivity index (χ3n) is 4.24. The highest BCUT2D eigenvalue weighted by molar-refractivity contribution is 7.58. The topological polar surface area (TPSA) is 57.6 Å². The summed E-state index contributed by atoms with van der Waals surface area (Å²) in [5.74, 6) is -5.65. The van der Waals surface area contributed by atoms with Crippen LogP contribution < -0.4 is 4.90 Å². The Hall–Kier alpha value is -2.12. The van der Waals surface area contributed by atoms with Crippen LogP contribution in [0.5, 0.6) is 0 Å². The van der Waals surface area contributed by atoms with Crippen molar-refractivity contribution in [1.82, 2.24) is 0 Å². The van der Waals surface area contributed by atoms with Gasteiger partial charge in [0.2, 0.25) is 13.3 Å². The van der Waals surface area contributed by atoms with Crippen LogP contribution in [0.1, 0.15) is 11.2 Å². The number of nitrogens with zero attached hydrogens (tertiary/aromatic N) is 1. The molecule has 2 unspecified atom stereocenters. The largest absolute Gasteiger partial charge is 0.344 e. The van der Waals surface area contributed by atoms with Gasteiger partial charge in [0.05, 0.1) is 5.69 Å². The van der Waals surface area contributed by atoms with Crippen molar-refractivity contribution in [3.8, 4) is 0 Å². The molecule has 1 amide bonds. The van der Waals surface area contributed by atoms with Crippen LogP contribution in [0, 0.1) is 17.5 Å². The van der Waals surface area contributed by atoms with Crippen LogP contribution in [0.15, 0.2) is 48.5 Å². The van der Waals surface area contributed by atoms with Crippen molar-refractivity contribution in [3.63, 3.8) is 0 Å². The lowest BCUT2D eigenvalue weighted by molar-refractivity contribution is -0.117. The maximum absolute atomic E-state index is 13.7. The molecule has 0 saturated heterocycles. The molecule has 29 heavy (non-hydrogen) atoms. The summed E-state index contributed by atoms with van der Waals surface area (Å²) in [7, 11) is -4.10. The number of carbonyl (C=O) groups is 1. The first-order valence-corrected chi connectivity index (χ1v) is 11.5. The van der Waals surface area contributed by atoms with E-state index in [1.54, 1.807) is 23.6 Å². The van der Waals surface area contributed by atoms with E-state index < -0.39 is 36.4 Å². The van der Waals surface area contributed by atoms with E-state index >= 15 is 0 Å². The zero-order valence-corrected chi connectivity index (χ0v) is 17.4. The smallest absolute Gasteiger partial charge is 0.248 e. The lowest BCUT2D eigenvalue weighted by Gasteiger charge is -2.26. The molecule has 0 spiro atoms. The summed E-state index contributed by atoms with van der Waals surface area (Å²) in [6.45, 7) is 4.45. The first-order valence-electron chi connectivity index (χ1n) is 8.11. The van der Waals surface area contributed by atoms with Crippen molar-refractivity contribution >= 4 is 52.0 Å². The summed E-state index contributed by atoms with van der Waals surface area (Å²) in [6.07, 6.45) is 0.943. The minimum absolute atomic E-state index is 0.251. The molecule has 10 heteroatoms. The highest BCUT2D eigenvalue weighted by atomic mass is 35.5. The minimum Gasteiger partial charge on any atom is -0.344 e. The molecule has 1 aromatic heterocycles. The molecule has 1 heterocycles. The Morgan fingerprint density at radius 3 is 2.45 bits per heavy atom. The van der Waals surface area contributed by atoms with Gasteiger partial charge in [-0.15, -0.1) is 11.3 Å². The average Bonchev–Trinajstić information content (AvgIpc) is 3.02. The van der Waals surface area contributed by atoms with Crippen LogP contribution in [0.25, 0.3) is 10.1 Å². The van der Waals surface area contributed by atoms with Crippen molar-refractivity contribution in [3.05, 3.63) is 76.5 Å². The molecule has 0 saturated carbocycles. The van der Waals surface area contributed by atoms with Crippen LogP contribution in [0.3, 0.4) is 0 Å². The molecule has 0 bridgehead atoms. The molecular weight excluding hydrogens is 446 g/mol. The number of fused-ring (bicyclic) bond motifs is 1. The van der Waals surface area contributed by atoms with E-state index in [2.05, 4.69) is 6.58 Å². The van der Waals surface area contributed by atoms with Crippen LogP contribution in [0.4, 0.5) is 18.9 Å². The predicted molar refractivity (Wildman–Crippen MR) is 109 cm³/mol. The van der Waals surface area contributed by atoms with E-state index in [1.165, 1.54) is 11.3 Å². The van der Waals surface area contributed by atoms with Gasteiger partial charge in [0.25, 0.3) is 0 Å². The second-order valence-corrected chi connectivity index (χ2v) is 10.0. The van der Waals surface area contributed by atoms with Gasteiger partial charge in [-0.1, -0.05) is 18.2 Å². The molecule has 4 nitrogen and oxygen atoms in total. The van der Waals surface area contributed by atoms with Crippen molar-refractivity contribution in [1.29, 1.82) is 0 Å². The van der Waals surface area contributed by atoms with Gasteiger partial charge in [-0.05, 0) is 34.5 Å². The van der Waals surface area contributed by atoms with Gasteiger partial charge >= 0.3 is 0 Å². The number of benzene rings is 2. The molecule has 0 radical (unpaired) electrons. The van der Waals surface area contributed by atoms with Gasteiger partial charge in [0.15, 0.2) is 17.5 Å². The quantitative estimate of drug-likeness (QED) is 0.371. The third-order valence-corrected chi connectivity index (χ3v) is 6.91. The van der Waals surface area contributed by atoms with E-state index in [0.29, 0.717) is 22.5 Å². The van der Waals surface area contributed by atoms with Crippen LogP contribution in [0.2, 0.25) is 5.02 Å². The number of halogens is 4. The Balaban J connectivity index is 2.16. The fourth-order valence-electron chi connectivity index (χ4n) is 2.96. The standard InChI is InChI=1S/C19H14ClF3NO3PS/c1-3-24(11-7-14(21)17(23)15(22)8-11)19(25)18(28(2,26)27)13-9-29-16-5-4-10(20)6-12(13)16/h3-9,18H,1H2,2H3,(H,26,27). The zero-order chi connectivity index (χ0) is 21.5. The van der Waals surface area contributed by atoms with Crippen molar-refractivity contribution < 1.29 is 27.4 Å². The van der Waals surface area contributed by atoms with E-state index in [4.69, 9.17) is 11.6 Å². The Bertz CT molecular complexity index is 1150. The van der Waals surface area contributed by atoms with Gasteiger partial charge in [-0.3, -0.25) is 14.3 Å². The molecule has 0 aliphatic heterocycles. The minimum atomic E-state index is -4.10. The molecule has 0 fully saturated rings. The Kier molecular flexibility index (Phi) is 5.92. The molecule has 3 rings (SSSR count). The van der Waals surface area contributed by atoms with Crippen molar-refractivity contribution in [2.45, 2.75) is 5.66 Å². The fraction of sp³-hybridized carbons (Fsp3) is 0.105. The number of rotatable bonds is 5. The highest BCUT2D eigenvalue weighted by Crippen LogP contribution is 2.55. The first-order chi connectivity index (χ1) is 13.5. The molecule has 2 aromatic carbocycles. The van der Waals surface area contributed by atoms with E-state index in [-0.39, 0.29) is 11.3 Å². The first kappa shape index (κ1) is 21.6. The number of hydrogen-bond acceptors (Lipinski definition) is 3. The highest BCUT2D eigenvalue weighted by Gasteiger charge is 2.39. The summed E-state index contributed by atoms with van der Waals surface area (Å²) >= 11 is 7.27. The maximum Gasteiger partial charge on any atom is 0.248 e. The van der Waals surface area contributed by atoms with Crippen LogP contribution in [-0.2, 0) is 9.36 Å². The second-order valence-electron chi connectivity index (χ2n) is 6.29. The number of anilines is 1. The second kappa shape index (κ2) is 7.95. The molecule has 2 atom stereocenters. The van der Waals surface area contributed by atoms with Crippen molar-refractivity contribution in [2.75, 3.05) is 11.6 Å². The van der Waals surface area contributed by atoms with Gasteiger partial charge in [0.1, 0.15) is 5.66 Å². The van der Waals surface area contributed by atoms with E-state index in [0.717, 1.165) is 22.5 Å². The van der Waals surface area contributed by atoms with Gasteiger partial charge < -0.3 is 4.89 Å². The summed E-state index contributed by atoms with van der Waals surface area (Å²) in [5, 5.41) is 2.44. The lowest BCUT2D eigenvalue weighted by Crippen LogP contribution is -2.31. The number of thiophene rings is 1. The summed E-state index contributed by atoms with van der Waals surface area (Å²) in [5.41, 5.74) is -1.66. The Morgan fingerprint density at radius 2 is 1.90 bits per heavy atom. The van der Waals surface area contributed by atoms with Crippen molar-refractivity contribution in [2.24, 2.45) is 0 Å². The average molecular weight is 460 g/mol. The van der Waals surface area contributed by atoms with E-state index in [9.17, 15) is 27.4 Å². The van der Waals surface area contributed by atoms with Crippen LogP contribution >= 0.6 is 30.3 Å². The third kappa shape index (κ3) is 4.12. The number of carbonyl (C=O) groups excluding carboxylic acids is 1. The van der Waals surface area contributed by atoms with Gasteiger partial charge in [-0.2, -0.15) is 0 Å². The summed E-state index contributed by atoms with van der Waals surface area (Å²) in [6, 6.07) is 6.13. The number of hydrogen-bond donors (Lipinski definition) is 1. The normalized spacial score (nSPS) is 14.4.